The lowest BCUT2D eigenvalue weighted by Crippen LogP contribution is -2.49. The highest BCUT2D eigenvalue weighted by Crippen LogP contribution is 2.25. The summed E-state index contributed by atoms with van der Waals surface area (Å²) >= 11 is 1.84. The van der Waals surface area contributed by atoms with Gasteiger partial charge in [0, 0.05) is 25.0 Å². The third-order valence-electron chi connectivity index (χ3n) is 6.45. The fraction of sp³-hybridized carbons (Fsp3) is 0.696. The predicted molar refractivity (Wildman–Crippen MR) is 120 cm³/mol. The Morgan fingerprint density at radius 2 is 1.82 bits per heavy atom. The first-order valence-corrected chi connectivity index (χ1v) is 12.3. The molecule has 0 aliphatic carbocycles. The summed E-state index contributed by atoms with van der Waals surface area (Å²) in [6.45, 7) is 8.68. The number of hydrogen-bond donors (Lipinski definition) is 1. The van der Waals surface area contributed by atoms with Crippen LogP contribution in [-0.2, 0) is 11.3 Å². The Bertz CT molecular complexity index is 608. The van der Waals surface area contributed by atoms with Gasteiger partial charge in [0.25, 0.3) is 0 Å². The van der Waals surface area contributed by atoms with Crippen LogP contribution < -0.4 is 5.32 Å². The Kier molecular flexibility index (Phi) is 8.68. The minimum Gasteiger partial charge on any atom is -0.356 e. The summed E-state index contributed by atoms with van der Waals surface area (Å²) < 4.78 is 0. The lowest BCUT2D eigenvalue weighted by atomic mass is 9.92. The summed E-state index contributed by atoms with van der Waals surface area (Å²) in [6, 6.07) is 9.46. The number of rotatable bonds is 8. The van der Waals surface area contributed by atoms with Crippen LogP contribution in [0.3, 0.4) is 0 Å². The highest BCUT2D eigenvalue weighted by Gasteiger charge is 2.30. The van der Waals surface area contributed by atoms with Gasteiger partial charge in [-0.25, -0.2) is 0 Å². The van der Waals surface area contributed by atoms with Crippen molar-refractivity contribution < 1.29 is 4.79 Å². The molecule has 4 nitrogen and oxygen atoms in total. The predicted octanol–water partition coefficient (Wildman–Crippen LogP) is 3.54. The van der Waals surface area contributed by atoms with Crippen LogP contribution in [0.2, 0.25) is 0 Å². The van der Waals surface area contributed by atoms with Gasteiger partial charge < -0.3 is 10.2 Å². The van der Waals surface area contributed by atoms with Crippen molar-refractivity contribution in [2.24, 2.45) is 5.92 Å². The van der Waals surface area contributed by atoms with Gasteiger partial charge in [0.2, 0.25) is 5.91 Å². The second-order valence-corrected chi connectivity index (χ2v) is 9.37. The number of aryl methyl sites for hydroxylation is 1. The fourth-order valence-corrected chi connectivity index (χ4v) is 5.00. The minimum absolute atomic E-state index is 0.228. The van der Waals surface area contributed by atoms with E-state index in [1.807, 2.05) is 11.8 Å². The van der Waals surface area contributed by atoms with Crippen molar-refractivity contribution in [2.75, 3.05) is 44.7 Å². The molecule has 1 aromatic rings. The summed E-state index contributed by atoms with van der Waals surface area (Å²) in [6.07, 6.45) is 7.77. The van der Waals surface area contributed by atoms with Crippen LogP contribution in [0.4, 0.5) is 0 Å². The quantitative estimate of drug-likeness (QED) is 0.674. The van der Waals surface area contributed by atoms with Gasteiger partial charge in [0.15, 0.2) is 0 Å². The van der Waals surface area contributed by atoms with Crippen LogP contribution in [-0.4, -0.2) is 66.5 Å². The molecule has 2 heterocycles. The summed E-state index contributed by atoms with van der Waals surface area (Å²) in [5.74, 6) is 1.64. The van der Waals surface area contributed by atoms with Crippen LogP contribution in [0.15, 0.2) is 24.3 Å². The molecule has 0 radical (unpaired) electrons. The van der Waals surface area contributed by atoms with E-state index in [1.54, 1.807) is 0 Å². The third kappa shape index (κ3) is 6.23. The molecule has 156 valence electrons. The standard InChI is InChI=1S/C23H37N3OS/c1-19-6-3-4-7-21(19)18-25-13-10-22(11-14-25)26-15-8-20(9-16-26)23(27)24-12-5-17-28-2/h3-4,6-7,20,22H,5,8-18H2,1-2H3,(H,24,27). The van der Waals surface area contributed by atoms with Crippen LogP contribution >= 0.6 is 11.8 Å². The van der Waals surface area contributed by atoms with Crippen LogP contribution in [0.5, 0.6) is 0 Å². The molecule has 0 unspecified atom stereocenters. The fourth-order valence-electron chi connectivity index (χ4n) is 4.57. The van der Waals surface area contributed by atoms with Crippen molar-refractivity contribution in [3.05, 3.63) is 35.4 Å². The molecule has 1 N–H and O–H groups in total. The molecule has 2 saturated heterocycles. The molecule has 5 heteroatoms. The molecule has 0 spiro atoms. The first-order chi connectivity index (χ1) is 13.7. The Morgan fingerprint density at radius 3 is 2.50 bits per heavy atom. The maximum absolute atomic E-state index is 12.3. The summed E-state index contributed by atoms with van der Waals surface area (Å²) in [5, 5.41) is 3.14. The van der Waals surface area contributed by atoms with Gasteiger partial charge >= 0.3 is 0 Å². The topological polar surface area (TPSA) is 35.6 Å². The van der Waals surface area contributed by atoms with Gasteiger partial charge in [-0.1, -0.05) is 24.3 Å². The Morgan fingerprint density at radius 1 is 1.11 bits per heavy atom. The number of carbonyl (C=O) groups excluding carboxylic acids is 1. The van der Waals surface area contributed by atoms with Crippen molar-refractivity contribution in [1.82, 2.24) is 15.1 Å². The molecule has 0 atom stereocenters. The molecule has 1 aromatic carbocycles. The summed E-state index contributed by atoms with van der Waals surface area (Å²) in [4.78, 5) is 17.6. The number of benzene rings is 1. The van der Waals surface area contributed by atoms with E-state index in [2.05, 4.69) is 52.6 Å². The van der Waals surface area contributed by atoms with Gasteiger partial charge in [-0.05, 0) is 88.3 Å². The molecular formula is C23H37N3OS. The zero-order chi connectivity index (χ0) is 19.8. The first kappa shape index (κ1) is 21.7. The number of hydrogen-bond acceptors (Lipinski definition) is 4. The van der Waals surface area contributed by atoms with Crippen molar-refractivity contribution in [3.8, 4) is 0 Å². The largest absolute Gasteiger partial charge is 0.356 e. The van der Waals surface area contributed by atoms with E-state index in [0.717, 1.165) is 51.2 Å². The molecule has 3 rings (SSSR count). The molecular weight excluding hydrogens is 366 g/mol. The average molecular weight is 404 g/mol. The van der Waals surface area contributed by atoms with Crippen molar-refractivity contribution in [1.29, 1.82) is 0 Å². The lowest BCUT2D eigenvalue weighted by Gasteiger charge is -2.41. The molecule has 1 amide bonds. The van der Waals surface area contributed by atoms with Gasteiger partial charge in [-0.3, -0.25) is 9.69 Å². The van der Waals surface area contributed by atoms with Crippen LogP contribution in [0.25, 0.3) is 0 Å². The molecule has 0 bridgehead atoms. The highest BCUT2D eigenvalue weighted by molar-refractivity contribution is 7.98. The van der Waals surface area contributed by atoms with Gasteiger partial charge in [0.1, 0.15) is 0 Å². The van der Waals surface area contributed by atoms with E-state index in [-0.39, 0.29) is 11.8 Å². The Labute approximate surface area is 175 Å². The first-order valence-electron chi connectivity index (χ1n) is 10.9. The second kappa shape index (κ2) is 11.2. The molecule has 0 saturated carbocycles. The highest BCUT2D eigenvalue weighted by atomic mass is 32.2. The number of piperidine rings is 2. The maximum Gasteiger partial charge on any atom is 0.223 e. The smallest absolute Gasteiger partial charge is 0.223 e. The molecule has 0 aromatic heterocycles. The van der Waals surface area contributed by atoms with Crippen molar-refractivity contribution in [3.63, 3.8) is 0 Å². The second-order valence-electron chi connectivity index (χ2n) is 8.38. The van der Waals surface area contributed by atoms with Crippen LogP contribution in [0.1, 0.15) is 43.2 Å². The van der Waals surface area contributed by atoms with Crippen molar-refractivity contribution in [2.45, 2.75) is 51.6 Å². The number of thioether (sulfide) groups is 1. The van der Waals surface area contributed by atoms with Crippen molar-refractivity contribution >= 4 is 17.7 Å². The molecule has 2 aliphatic rings. The zero-order valence-electron chi connectivity index (χ0n) is 17.7. The SMILES string of the molecule is CSCCCNC(=O)C1CCN(C2CCN(Cc3ccccc3C)CC2)CC1. The molecule has 2 fully saturated rings. The zero-order valence-corrected chi connectivity index (χ0v) is 18.5. The Hall–Kier alpha value is -1.04. The lowest BCUT2D eigenvalue weighted by molar-refractivity contribution is -0.126. The van der Waals surface area contributed by atoms with E-state index in [9.17, 15) is 4.79 Å². The summed E-state index contributed by atoms with van der Waals surface area (Å²) in [7, 11) is 0. The Balaban J connectivity index is 1.36. The van der Waals surface area contributed by atoms with Gasteiger partial charge in [0.05, 0.1) is 0 Å². The number of carbonyl (C=O) groups is 1. The number of likely N-dealkylation sites (tertiary alicyclic amines) is 2. The summed E-state index contributed by atoms with van der Waals surface area (Å²) in [5.41, 5.74) is 2.86. The minimum atomic E-state index is 0.228. The van der Waals surface area contributed by atoms with E-state index in [0.29, 0.717) is 6.04 Å². The third-order valence-corrected chi connectivity index (χ3v) is 7.15. The monoisotopic (exact) mass is 403 g/mol. The van der Waals surface area contributed by atoms with E-state index >= 15 is 0 Å². The normalized spacial score (nSPS) is 20.4. The maximum atomic E-state index is 12.3. The molecule has 28 heavy (non-hydrogen) atoms. The van der Waals surface area contributed by atoms with Gasteiger partial charge in [-0.2, -0.15) is 11.8 Å². The van der Waals surface area contributed by atoms with E-state index in [4.69, 9.17) is 0 Å². The van der Waals surface area contributed by atoms with Gasteiger partial charge in [-0.15, -0.1) is 0 Å². The average Bonchev–Trinajstić information content (AvgIpc) is 2.73. The van der Waals surface area contributed by atoms with E-state index < -0.39 is 0 Å². The molecule has 2 aliphatic heterocycles. The van der Waals surface area contributed by atoms with Crippen LogP contribution in [0, 0.1) is 12.8 Å². The number of amides is 1. The van der Waals surface area contributed by atoms with E-state index in [1.165, 1.54) is 37.1 Å². The number of nitrogens with zero attached hydrogens (tertiary/aromatic N) is 2. The number of nitrogens with one attached hydrogen (secondary N) is 1.